The third-order valence-corrected chi connectivity index (χ3v) is 2.56. The molecule has 0 spiro atoms. The number of nitrogens with one attached hydrogen (secondary N) is 1. The first kappa shape index (κ1) is 15.8. The zero-order valence-electron chi connectivity index (χ0n) is 10.9. The minimum atomic E-state index is -1.25. The number of anilines is 1. The van der Waals surface area contributed by atoms with Crippen LogP contribution in [0.4, 0.5) is 20.2 Å². The van der Waals surface area contributed by atoms with Crippen LogP contribution in [0.2, 0.25) is 0 Å². The molecule has 110 valence electrons. The van der Waals surface area contributed by atoms with Gasteiger partial charge in [-0.25, -0.2) is 13.6 Å². The molecule has 0 unspecified atom stereocenters. The Kier molecular flexibility index (Phi) is 4.95. The molecule has 1 aromatic rings. The van der Waals surface area contributed by atoms with Crippen molar-refractivity contribution in [3.63, 3.8) is 0 Å². The first-order chi connectivity index (χ1) is 9.22. The fourth-order valence-electron chi connectivity index (χ4n) is 1.67. The molecular formula is C12H14F2N2O4. The van der Waals surface area contributed by atoms with E-state index in [1.165, 1.54) is 0 Å². The molecule has 1 rings (SSSR count). The van der Waals surface area contributed by atoms with Crippen LogP contribution >= 0.6 is 0 Å². The fraction of sp³-hybridized carbons (Fsp3) is 0.417. The molecule has 0 saturated heterocycles. The number of carboxylic acids is 1. The van der Waals surface area contributed by atoms with E-state index < -0.39 is 39.9 Å². The van der Waals surface area contributed by atoms with Gasteiger partial charge in [-0.15, -0.1) is 0 Å². The van der Waals surface area contributed by atoms with E-state index in [0.29, 0.717) is 12.1 Å². The molecule has 0 bridgehead atoms. The molecule has 6 nitrogen and oxygen atoms in total. The second kappa shape index (κ2) is 6.27. The monoisotopic (exact) mass is 288 g/mol. The van der Waals surface area contributed by atoms with Crippen LogP contribution in [0, 0.1) is 27.7 Å². The SMILES string of the molecule is CC(C)C[C@H](Nc1c(F)cc([N+](=O)[O-])cc1F)C(=O)O. The number of non-ortho nitro benzene ring substituents is 1. The smallest absolute Gasteiger partial charge is 0.326 e. The van der Waals surface area contributed by atoms with Gasteiger partial charge in [0.05, 0.1) is 17.1 Å². The number of rotatable bonds is 6. The molecule has 0 heterocycles. The van der Waals surface area contributed by atoms with Crippen LogP contribution in [0.15, 0.2) is 12.1 Å². The van der Waals surface area contributed by atoms with Crippen molar-refractivity contribution in [3.8, 4) is 0 Å². The largest absolute Gasteiger partial charge is 0.480 e. The van der Waals surface area contributed by atoms with Crippen molar-refractivity contribution in [2.75, 3.05) is 5.32 Å². The van der Waals surface area contributed by atoms with E-state index in [9.17, 15) is 23.7 Å². The molecule has 0 aromatic heterocycles. The van der Waals surface area contributed by atoms with Gasteiger partial charge in [0.1, 0.15) is 11.7 Å². The second-order valence-electron chi connectivity index (χ2n) is 4.71. The van der Waals surface area contributed by atoms with Crippen molar-refractivity contribution < 1.29 is 23.6 Å². The van der Waals surface area contributed by atoms with Gasteiger partial charge in [-0.2, -0.15) is 0 Å². The van der Waals surface area contributed by atoms with Crippen molar-refractivity contribution in [1.82, 2.24) is 0 Å². The number of nitro groups is 1. The lowest BCUT2D eigenvalue weighted by Gasteiger charge is -2.18. The summed E-state index contributed by atoms with van der Waals surface area (Å²) in [7, 11) is 0. The number of benzene rings is 1. The molecule has 0 aliphatic heterocycles. The summed E-state index contributed by atoms with van der Waals surface area (Å²) in [5.41, 5.74) is -1.41. The van der Waals surface area contributed by atoms with E-state index in [0.717, 1.165) is 0 Å². The Hall–Kier alpha value is -2.25. The Morgan fingerprint density at radius 2 is 1.90 bits per heavy atom. The summed E-state index contributed by atoms with van der Waals surface area (Å²) in [5, 5.41) is 21.7. The van der Waals surface area contributed by atoms with Crippen LogP contribution in [0.5, 0.6) is 0 Å². The molecule has 8 heteroatoms. The van der Waals surface area contributed by atoms with Crippen LogP contribution in [0.1, 0.15) is 20.3 Å². The molecule has 0 aliphatic carbocycles. The summed E-state index contributed by atoms with van der Waals surface area (Å²) in [4.78, 5) is 20.5. The van der Waals surface area contributed by atoms with Crippen LogP contribution in [0.25, 0.3) is 0 Å². The molecule has 1 atom stereocenters. The minimum Gasteiger partial charge on any atom is -0.480 e. The lowest BCUT2D eigenvalue weighted by molar-refractivity contribution is -0.385. The van der Waals surface area contributed by atoms with Gasteiger partial charge in [-0.1, -0.05) is 13.8 Å². The van der Waals surface area contributed by atoms with Gasteiger partial charge in [-0.05, 0) is 12.3 Å². The fourth-order valence-corrected chi connectivity index (χ4v) is 1.67. The van der Waals surface area contributed by atoms with Crippen molar-refractivity contribution >= 4 is 17.3 Å². The third-order valence-electron chi connectivity index (χ3n) is 2.56. The summed E-state index contributed by atoms with van der Waals surface area (Å²) in [6.07, 6.45) is 0.158. The molecule has 20 heavy (non-hydrogen) atoms. The summed E-state index contributed by atoms with van der Waals surface area (Å²) in [5.74, 6) is -3.66. The lowest BCUT2D eigenvalue weighted by Crippen LogP contribution is -2.31. The first-order valence-electron chi connectivity index (χ1n) is 5.85. The van der Waals surface area contributed by atoms with Gasteiger partial charge in [-0.3, -0.25) is 10.1 Å². The third kappa shape index (κ3) is 3.87. The van der Waals surface area contributed by atoms with Gasteiger partial charge in [0.15, 0.2) is 11.6 Å². The zero-order valence-corrected chi connectivity index (χ0v) is 10.9. The Morgan fingerprint density at radius 3 is 2.25 bits per heavy atom. The quantitative estimate of drug-likeness (QED) is 0.620. The standard InChI is InChI=1S/C12H14F2N2O4/c1-6(2)3-10(12(17)18)15-11-8(13)4-7(16(19)20)5-9(11)14/h4-6,10,15H,3H2,1-2H3,(H,17,18)/t10-/m0/s1. The Balaban J connectivity index is 3.07. The Morgan fingerprint density at radius 1 is 1.40 bits per heavy atom. The highest BCUT2D eigenvalue weighted by Crippen LogP contribution is 2.26. The predicted molar refractivity (Wildman–Crippen MR) is 67.5 cm³/mol. The first-order valence-corrected chi connectivity index (χ1v) is 5.85. The van der Waals surface area contributed by atoms with E-state index in [2.05, 4.69) is 5.32 Å². The number of hydrogen-bond donors (Lipinski definition) is 2. The molecule has 0 fully saturated rings. The number of hydrogen-bond acceptors (Lipinski definition) is 4. The average molecular weight is 288 g/mol. The van der Waals surface area contributed by atoms with Crippen molar-refractivity contribution in [2.24, 2.45) is 5.92 Å². The number of carboxylic acid groups (broad SMARTS) is 1. The molecule has 2 N–H and O–H groups in total. The zero-order chi connectivity index (χ0) is 15.4. The topological polar surface area (TPSA) is 92.5 Å². The maximum absolute atomic E-state index is 13.6. The summed E-state index contributed by atoms with van der Waals surface area (Å²) >= 11 is 0. The highest BCUT2D eigenvalue weighted by molar-refractivity contribution is 5.77. The number of nitro benzene ring substituents is 1. The number of carbonyl (C=O) groups is 1. The Bertz CT molecular complexity index is 511. The molecule has 0 radical (unpaired) electrons. The van der Waals surface area contributed by atoms with E-state index in [1.54, 1.807) is 13.8 Å². The number of aliphatic carboxylic acids is 1. The maximum Gasteiger partial charge on any atom is 0.326 e. The van der Waals surface area contributed by atoms with Gasteiger partial charge < -0.3 is 10.4 Å². The maximum atomic E-state index is 13.6. The van der Waals surface area contributed by atoms with Crippen molar-refractivity contribution in [2.45, 2.75) is 26.3 Å². The van der Waals surface area contributed by atoms with Gasteiger partial charge in [0.25, 0.3) is 5.69 Å². The minimum absolute atomic E-state index is 0.00669. The predicted octanol–water partition coefficient (Wildman–Crippen LogP) is 2.78. The van der Waals surface area contributed by atoms with Crippen LogP contribution in [-0.4, -0.2) is 22.0 Å². The number of halogens is 2. The van der Waals surface area contributed by atoms with Gasteiger partial charge >= 0.3 is 5.97 Å². The highest BCUT2D eigenvalue weighted by atomic mass is 19.1. The summed E-state index contributed by atoms with van der Waals surface area (Å²) in [6, 6.07) is -0.0974. The molecule has 0 amide bonds. The van der Waals surface area contributed by atoms with E-state index in [-0.39, 0.29) is 12.3 Å². The molecular weight excluding hydrogens is 274 g/mol. The summed E-state index contributed by atoms with van der Waals surface area (Å²) in [6.45, 7) is 3.53. The van der Waals surface area contributed by atoms with Gasteiger partial charge in [0.2, 0.25) is 0 Å². The van der Waals surface area contributed by atoms with E-state index in [4.69, 9.17) is 5.11 Å². The Labute approximate surface area is 113 Å². The van der Waals surface area contributed by atoms with Crippen LogP contribution in [-0.2, 0) is 4.79 Å². The van der Waals surface area contributed by atoms with Gasteiger partial charge in [0, 0.05) is 0 Å². The van der Waals surface area contributed by atoms with E-state index >= 15 is 0 Å². The highest BCUT2D eigenvalue weighted by Gasteiger charge is 2.24. The molecule has 1 aromatic carbocycles. The van der Waals surface area contributed by atoms with E-state index in [1.807, 2.05) is 0 Å². The molecule has 0 aliphatic rings. The van der Waals surface area contributed by atoms with Crippen LogP contribution < -0.4 is 5.32 Å². The van der Waals surface area contributed by atoms with Crippen LogP contribution in [0.3, 0.4) is 0 Å². The lowest BCUT2D eigenvalue weighted by atomic mass is 10.0. The average Bonchev–Trinajstić information content (AvgIpc) is 2.30. The molecule has 0 saturated carbocycles. The number of nitrogens with zero attached hydrogens (tertiary/aromatic N) is 1. The van der Waals surface area contributed by atoms with Crippen molar-refractivity contribution in [3.05, 3.63) is 33.9 Å². The van der Waals surface area contributed by atoms with Crippen molar-refractivity contribution in [1.29, 1.82) is 0 Å². The normalized spacial score (nSPS) is 12.2. The summed E-state index contributed by atoms with van der Waals surface area (Å²) < 4.78 is 27.3. The second-order valence-corrected chi connectivity index (χ2v) is 4.71.